The number of carbonyl (C=O) groups is 1. The number of nitrogens with zero attached hydrogens (tertiary/aromatic N) is 2. The van der Waals surface area contributed by atoms with Crippen LogP contribution < -0.4 is 5.73 Å². The van der Waals surface area contributed by atoms with Gasteiger partial charge in [-0.3, -0.25) is 4.68 Å². The number of hydrogen-bond donors (Lipinski definition) is 1. The molecule has 5 heteroatoms. The molecule has 0 bridgehead atoms. The molecule has 1 rings (SSSR count). The Balaban J connectivity index is 3.15. The van der Waals surface area contributed by atoms with Gasteiger partial charge in [-0.2, -0.15) is 5.10 Å². The molecule has 0 aliphatic rings. The molecule has 76 valence electrons. The van der Waals surface area contributed by atoms with Gasteiger partial charge in [-0.05, 0) is 5.57 Å². The van der Waals surface area contributed by atoms with Gasteiger partial charge in [-0.25, -0.2) is 4.79 Å². The maximum absolute atomic E-state index is 11.3. The van der Waals surface area contributed by atoms with E-state index in [0.717, 1.165) is 0 Å². The molecular weight excluding hydrogens is 182 g/mol. The van der Waals surface area contributed by atoms with Crippen molar-refractivity contribution < 1.29 is 9.53 Å². The molecule has 0 saturated heterocycles. The Bertz CT molecular complexity index is 335. The van der Waals surface area contributed by atoms with E-state index in [2.05, 4.69) is 16.4 Å². The van der Waals surface area contributed by atoms with Gasteiger partial charge in [0.2, 0.25) is 0 Å². The van der Waals surface area contributed by atoms with Gasteiger partial charge in [0.1, 0.15) is 0 Å². The highest BCUT2D eigenvalue weighted by Crippen LogP contribution is 2.15. The predicted molar refractivity (Wildman–Crippen MR) is 52.6 cm³/mol. The van der Waals surface area contributed by atoms with Gasteiger partial charge in [0.15, 0.2) is 5.69 Å². The molecule has 1 aromatic heterocycles. The largest absolute Gasteiger partial charge is 0.464 e. The zero-order valence-electron chi connectivity index (χ0n) is 8.28. The SMILES string of the molecule is C=C(CN)c1cn(C)nc1C(=O)OC. The lowest BCUT2D eigenvalue weighted by Gasteiger charge is -2.00. The third-order valence-corrected chi connectivity index (χ3v) is 1.83. The molecule has 14 heavy (non-hydrogen) atoms. The molecule has 1 aromatic rings. The summed E-state index contributed by atoms with van der Waals surface area (Å²) in [6.45, 7) is 4.04. The number of rotatable bonds is 3. The first-order valence-corrected chi connectivity index (χ1v) is 4.10. The second-order valence-corrected chi connectivity index (χ2v) is 2.86. The summed E-state index contributed by atoms with van der Waals surface area (Å²) in [5.74, 6) is -0.477. The van der Waals surface area contributed by atoms with Crippen LogP contribution in [0.25, 0.3) is 5.57 Å². The Morgan fingerprint density at radius 3 is 2.93 bits per heavy atom. The van der Waals surface area contributed by atoms with Gasteiger partial charge in [-0.1, -0.05) is 6.58 Å². The number of carbonyl (C=O) groups excluding carboxylic acids is 1. The van der Waals surface area contributed by atoms with E-state index in [4.69, 9.17) is 5.73 Å². The number of esters is 1. The van der Waals surface area contributed by atoms with E-state index < -0.39 is 5.97 Å². The fourth-order valence-corrected chi connectivity index (χ4v) is 1.10. The third kappa shape index (κ3) is 1.82. The second kappa shape index (κ2) is 4.06. The Morgan fingerprint density at radius 2 is 2.43 bits per heavy atom. The van der Waals surface area contributed by atoms with Crippen LogP contribution in [0.4, 0.5) is 0 Å². The first kappa shape index (κ1) is 10.5. The van der Waals surface area contributed by atoms with Crippen LogP contribution in [-0.2, 0) is 11.8 Å². The van der Waals surface area contributed by atoms with Crippen LogP contribution >= 0.6 is 0 Å². The summed E-state index contributed by atoms with van der Waals surface area (Å²) < 4.78 is 6.12. The highest BCUT2D eigenvalue weighted by Gasteiger charge is 2.17. The maximum atomic E-state index is 11.3. The Kier molecular flexibility index (Phi) is 3.03. The summed E-state index contributed by atoms with van der Waals surface area (Å²) >= 11 is 0. The van der Waals surface area contributed by atoms with Crippen molar-refractivity contribution in [2.75, 3.05) is 13.7 Å². The van der Waals surface area contributed by atoms with E-state index in [9.17, 15) is 4.79 Å². The number of aromatic nitrogens is 2. The minimum atomic E-state index is -0.477. The predicted octanol–water partition coefficient (Wildman–Crippen LogP) is 0.179. The molecule has 0 saturated carbocycles. The van der Waals surface area contributed by atoms with E-state index >= 15 is 0 Å². The molecule has 0 unspecified atom stereocenters. The van der Waals surface area contributed by atoms with Gasteiger partial charge in [-0.15, -0.1) is 0 Å². The van der Waals surface area contributed by atoms with E-state index in [-0.39, 0.29) is 12.2 Å². The zero-order chi connectivity index (χ0) is 10.7. The number of methoxy groups -OCH3 is 1. The topological polar surface area (TPSA) is 70.1 Å². The number of aryl methyl sites for hydroxylation is 1. The lowest BCUT2D eigenvalue weighted by Crippen LogP contribution is -2.08. The maximum Gasteiger partial charge on any atom is 0.359 e. The summed E-state index contributed by atoms with van der Waals surface area (Å²) in [6.07, 6.45) is 1.70. The van der Waals surface area contributed by atoms with E-state index in [1.54, 1.807) is 13.2 Å². The quantitative estimate of drug-likeness (QED) is 0.698. The lowest BCUT2D eigenvalue weighted by atomic mass is 10.1. The molecule has 2 N–H and O–H groups in total. The summed E-state index contributed by atoms with van der Waals surface area (Å²) in [6, 6.07) is 0. The average Bonchev–Trinajstić information content (AvgIpc) is 2.58. The van der Waals surface area contributed by atoms with Crippen molar-refractivity contribution in [2.45, 2.75) is 0 Å². The fourth-order valence-electron chi connectivity index (χ4n) is 1.10. The third-order valence-electron chi connectivity index (χ3n) is 1.83. The molecule has 1 heterocycles. The standard InChI is InChI=1S/C9H13N3O2/c1-6(4-10)7-5-12(2)11-8(7)9(13)14-3/h5H,1,4,10H2,2-3H3. The van der Waals surface area contributed by atoms with Gasteiger partial charge in [0.05, 0.1) is 7.11 Å². The molecule has 0 aromatic carbocycles. The normalized spacial score (nSPS) is 9.93. The highest BCUT2D eigenvalue weighted by molar-refractivity contribution is 5.93. The summed E-state index contributed by atoms with van der Waals surface area (Å²) in [7, 11) is 3.03. The van der Waals surface area contributed by atoms with Crippen LogP contribution in [-0.4, -0.2) is 29.4 Å². The lowest BCUT2D eigenvalue weighted by molar-refractivity contribution is 0.0593. The first-order chi connectivity index (χ1) is 6.60. The van der Waals surface area contributed by atoms with E-state index in [0.29, 0.717) is 11.1 Å². The first-order valence-electron chi connectivity index (χ1n) is 4.10. The van der Waals surface area contributed by atoms with Crippen molar-refractivity contribution in [1.82, 2.24) is 9.78 Å². The second-order valence-electron chi connectivity index (χ2n) is 2.86. The van der Waals surface area contributed by atoms with E-state index in [1.165, 1.54) is 11.8 Å². The number of ether oxygens (including phenoxy) is 1. The van der Waals surface area contributed by atoms with Crippen molar-refractivity contribution in [1.29, 1.82) is 0 Å². The molecule has 0 fully saturated rings. The Labute approximate surface area is 82.2 Å². The van der Waals surface area contributed by atoms with Crippen molar-refractivity contribution in [3.05, 3.63) is 24.0 Å². The van der Waals surface area contributed by atoms with Crippen LogP contribution in [0.5, 0.6) is 0 Å². The molecule has 0 amide bonds. The monoisotopic (exact) mass is 195 g/mol. The molecule has 0 atom stereocenters. The minimum absolute atomic E-state index is 0.255. The van der Waals surface area contributed by atoms with Crippen molar-refractivity contribution in [3.63, 3.8) is 0 Å². The highest BCUT2D eigenvalue weighted by atomic mass is 16.5. The minimum Gasteiger partial charge on any atom is -0.464 e. The van der Waals surface area contributed by atoms with Crippen LogP contribution in [0.15, 0.2) is 12.8 Å². The summed E-state index contributed by atoms with van der Waals surface area (Å²) in [4.78, 5) is 11.3. The van der Waals surface area contributed by atoms with Gasteiger partial charge in [0.25, 0.3) is 0 Å². The Morgan fingerprint density at radius 1 is 1.79 bits per heavy atom. The molecular formula is C9H13N3O2. The molecule has 0 aliphatic heterocycles. The van der Waals surface area contributed by atoms with Gasteiger partial charge in [0, 0.05) is 25.4 Å². The zero-order valence-corrected chi connectivity index (χ0v) is 8.28. The van der Waals surface area contributed by atoms with Crippen molar-refractivity contribution >= 4 is 11.5 Å². The number of nitrogens with two attached hydrogens (primary N) is 1. The fraction of sp³-hybridized carbons (Fsp3) is 0.333. The van der Waals surface area contributed by atoms with Gasteiger partial charge < -0.3 is 10.5 Å². The number of hydrogen-bond acceptors (Lipinski definition) is 4. The molecule has 0 radical (unpaired) electrons. The van der Waals surface area contributed by atoms with Crippen molar-refractivity contribution in [2.24, 2.45) is 12.8 Å². The van der Waals surface area contributed by atoms with Crippen LogP contribution in [0.3, 0.4) is 0 Å². The summed E-state index contributed by atoms with van der Waals surface area (Å²) in [5.41, 5.74) is 7.00. The van der Waals surface area contributed by atoms with Gasteiger partial charge >= 0.3 is 5.97 Å². The average molecular weight is 195 g/mol. The summed E-state index contributed by atoms with van der Waals surface area (Å²) in [5, 5.41) is 3.98. The van der Waals surface area contributed by atoms with Crippen LogP contribution in [0.1, 0.15) is 16.1 Å². The van der Waals surface area contributed by atoms with Crippen LogP contribution in [0, 0.1) is 0 Å². The van der Waals surface area contributed by atoms with Crippen molar-refractivity contribution in [3.8, 4) is 0 Å². The molecule has 0 aliphatic carbocycles. The smallest absolute Gasteiger partial charge is 0.359 e. The molecule has 0 spiro atoms. The molecule has 5 nitrogen and oxygen atoms in total. The van der Waals surface area contributed by atoms with Crippen LogP contribution in [0.2, 0.25) is 0 Å². The van der Waals surface area contributed by atoms with E-state index in [1.807, 2.05) is 0 Å². The Hall–Kier alpha value is -1.62.